The molecule has 184 valence electrons. The van der Waals surface area contributed by atoms with Crippen molar-refractivity contribution in [3.05, 3.63) is 35.6 Å². The summed E-state index contributed by atoms with van der Waals surface area (Å²) in [6, 6.07) is 0.190. The largest absolute Gasteiger partial charge is 0.464 e. The van der Waals surface area contributed by atoms with Gasteiger partial charge in [-0.1, -0.05) is 13.2 Å². The number of methoxy groups -OCH3 is 1. The Bertz CT molecular complexity index is 963. The van der Waals surface area contributed by atoms with Crippen LogP contribution in [0.1, 0.15) is 36.2 Å². The highest BCUT2D eigenvalue weighted by Gasteiger charge is 2.28. The molecule has 12 heteroatoms. The van der Waals surface area contributed by atoms with E-state index in [1.54, 1.807) is 5.38 Å². The lowest BCUT2D eigenvalue weighted by molar-refractivity contribution is -0.137. The fourth-order valence-electron chi connectivity index (χ4n) is 3.65. The number of rotatable bonds is 8. The van der Waals surface area contributed by atoms with E-state index in [1.165, 1.54) is 11.3 Å². The lowest BCUT2D eigenvalue weighted by Crippen LogP contribution is -2.45. The van der Waals surface area contributed by atoms with Crippen molar-refractivity contribution in [2.24, 2.45) is 5.92 Å². The zero-order valence-electron chi connectivity index (χ0n) is 19.1. The summed E-state index contributed by atoms with van der Waals surface area (Å²) in [4.78, 5) is 54.8. The van der Waals surface area contributed by atoms with Crippen LogP contribution < -0.4 is 20.9 Å². The van der Waals surface area contributed by atoms with Crippen molar-refractivity contribution in [3.8, 4) is 0 Å². The Morgan fingerprint density at radius 2 is 1.76 bits per heavy atom. The molecule has 3 rings (SSSR count). The second-order valence-corrected chi connectivity index (χ2v) is 8.87. The molecule has 2 saturated heterocycles. The van der Waals surface area contributed by atoms with E-state index in [-0.39, 0.29) is 35.0 Å². The second kappa shape index (κ2) is 11.7. The summed E-state index contributed by atoms with van der Waals surface area (Å²) in [7, 11) is 1.15. The predicted octanol–water partition coefficient (Wildman–Crippen LogP) is 0.701. The Morgan fingerprint density at radius 1 is 1.09 bits per heavy atom. The van der Waals surface area contributed by atoms with Crippen LogP contribution >= 0.6 is 11.3 Å². The number of hydrogen-bond acceptors (Lipinski definition) is 9. The topological polar surface area (TPSA) is 139 Å². The lowest BCUT2D eigenvalue weighted by Gasteiger charge is -2.32. The van der Waals surface area contributed by atoms with Gasteiger partial charge in [-0.3, -0.25) is 14.4 Å². The lowest BCUT2D eigenvalue weighted by atomic mass is 9.95. The number of nitrogens with zero attached hydrogens (tertiary/aromatic N) is 2. The Kier molecular flexibility index (Phi) is 8.77. The van der Waals surface area contributed by atoms with Gasteiger partial charge in [0.25, 0.3) is 11.8 Å². The van der Waals surface area contributed by atoms with Gasteiger partial charge in [-0.25, -0.2) is 9.78 Å². The van der Waals surface area contributed by atoms with Gasteiger partial charge in [0.15, 0.2) is 5.13 Å². The molecule has 1 aromatic rings. The van der Waals surface area contributed by atoms with Gasteiger partial charge in [0.05, 0.1) is 12.8 Å². The summed E-state index contributed by atoms with van der Waals surface area (Å²) >= 11 is 1.31. The third-order valence-electron chi connectivity index (χ3n) is 5.66. The number of ether oxygens (including phenoxy) is 2. The summed E-state index contributed by atoms with van der Waals surface area (Å²) in [5.41, 5.74) is -0.398. The van der Waals surface area contributed by atoms with Gasteiger partial charge in [-0.05, 0) is 25.7 Å². The summed E-state index contributed by atoms with van der Waals surface area (Å²) in [6.45, 7) is 9.57. The van der Waals surface area contributed by atoms with E-state index >= 15 is 0 Å². The van der Waals surface area contributed by atoms with Crippen LogP contribution in [0.2, 0.25) is 0 Å². The van der Waals surface area contributed by atoms with Crippen molar-refractivity contribution < 1.29 is 28.7 Å². The molecule has 0 spiro atoms. The van der Waals surface area contributed by atoms with Gasteiger partial charge in [0.1, 0.15) is 11.4 Å². The van der Waals surface area contributed by atoms with Crippen LogP contribution in [-0.2, 0) is 23.9 Å². The number of thiazole rings is 1. The van der Waals surface area contributed by atoms with Crippen molar-refractivity contribution in [3.63, 3.8) is 0 Å². The van der Waals surface area contributed by atoms with Crippen LogP contribution in [-0.4, -0.2) is 68.1 Å². The minimum absolute atomic E-state index is 0.0385. The number of amides is 3. The average molecular weight is 492 g/mol. The Labute approximate surface area is 201 Å². The van der Waals surface area contributed by atoms with Crippen molar-refractivity contribution in [2.45, 2.75) is 31.7 Å². The molecule has 0 unspecified atom stereocenters. The molecule has 0 aromatic carbocycles. The number of anilines is 1. The minimum atomic E-state index is -0.804. The molecule has 0 saturated carbocycles. The highest BCUT2D eigenvalue weighted by atomic mass is 32.1. The van der Waals surface area contributed by atoms with E-state index in [9.17, 15) is 19.2 Å². The van der Waals surface area contributed by atoms with Gasteiger partial charge >= 0.3 is 5.97 Å². The molecule has 3 amide bonds. The number of nitrogens with one attached hydrogen (secondary N) is 3. The van der Waals surface area contributed by atoms with Gasteiger partial charge in [0, 0.05) is 43.6 Å². The summed E-state index contributed by atoms with van der Waals surface area (Å²) in [5.74, 6) is -2.14. The minimum Gasteiger partial charge on any atom is -0.464 e. The molecule has 11 nitrogen and oxygen atoms in total. The first-order chi connectivity index (χ1) is 16.3. The number of carbonyl (C=O) groups is 4. The van der Waals surface area contributed by atoms with Gasteiger partial charge in [-0.2, -0.15) is 0 Å². The normalized spacial score (nSPS) is 16.9. The molecule has 34 heavy (non-hydrogen) atoms. The van der Waals surface area contributed by atoms with E-state index < -0.39 is 17.8 Å². The fraction of sp³-hybridized carbons (Fsp3) is 0.500. The summed E-state index contributed by atoms with van der Waals surface area (Å²) in [6.07, 6.45) is 3.11. The monoisotopic (exact) mass is 491 g/mol. The van der Waals surface area contributed by atoms with E-state index in [0.29, 0.717) is 44.3 Å². The van der Waals surface area contributed by atoms with Crippen LogP contribution in [0.4, 0.5) is 5.13 Å². The van der Waals surface area contributed by atoms with Crippen LogP contribution in [0.25, 0.3) is 0 Å². The fourth-order valence-corrected chi connectivity index (χ4v) is 4.51. The maximum Gasteiger partial charge on any atom is 0.353 e. The molecule has 2 fully saturated rings. The van der Waals surface area contributed by atoms with Crippen molar-refractivity contribution in [2.75, 3.05) is 38.3 Å². The molecule has 0 bridgehead atoms. The molecular formula is C22H29N5O6S. The van der Waals surface area contributed by atoms with E-state index in [4.69, 9.17) is 4.74 Å². The highest BCUT2D eigenvalue weighted by molar-refractivity contribution is 7.13. The molecule has 0 radical (unpaired) electrons. The SMILES string of the molecule is C=C(NC(=O)c1csc(N2CCC(C(=O)NC3CCOCC3)CC2)n1)C(=O)NC(=C)C(=O)OC. The predicted molar refractivity (Wildman–Crippen MR) is 125 cm³/mol. The van der Waals surface area contributed by atoms with Crippen LogP contribution in [0.5, 0.6) is 0 Å². The van der Waals surface area contributed by atoms with Gasteiger partial charge < -0.3 is 30.3 Å². The standard InChI is InChI=1S/C22H29N5O6S/c1-13(18(28)24-14(2)21(31)32-3)23-20(30)17-12-34-22(26-17)27-8-4-15(5-9-27)19(29)25-16-6-10-33-11-7-16/h12,15-16H,1-2,4-11H2,3H3,(H,23,30)(H,24,28)(H,25,29). The van der Waals surface area contributed by atoms with E-state index in [1.807, 2.05) is 4.90 Å². The van der Waals surface area contributed by atoms with Crippen LogP contribution in [0.15, 0.2) is 29.9 Å². The smallest absolute Gasteiger partial charge is 0.353 e. The molecule has 0 atom stereocenters. The summed E-state index contributed by atoms with van der Waals surface area (Å²) in [5, 5.41) is 9.95. The Hall–Kier alpha value is -3.25. The van der Waals surface area contributed by atoms with Gasteiger partial charge in [0.2, 0.25) is 5.91 Å². The first kappa shape index (κ1) is 25.4. The van der Waals surface area contributed by atoms with Gasteiger partial charge in [-0.15, -0.1) is 11.3 Å². The first-order valence-corrected chi connectivity index (χ1v) is 11.8. The highest BCUT2D eigenvalue weighted by Crippen LogP contribution is 2.27. The van der Waals surface area contributed by atoms with E-state index in [2.05, 4.69) is 38.8 Å². The molecule has 0 aliphatic carbocycles. The van der Waals surface area contributed by atoms with Crippen molar-refractivity contribution >= 4 is 40.2 Å². The molecule has 2 aliphatic heterocycles. The van der Waals surface area contributed by atoms with E-state index in [0.717, 1.165) is 20.0 Å². The number of carbonyl (C=O) groups excluding carboxylic acids is 4. The number of aromatic nitrogens is 1. The maximum absolute atomic E-state index is 12.6. The molecular weight excluding hydrogens is 462 g/mol. The van der Waals surface area contributed by atoms with Crippen molar-refractivity contribution in [1.82, 2.24) is 20.9 Å². The maximum atomic E-state index is 12.6. The summed E-state index contributed by atoms with van der Waals surface area (Å²) < 4.78 is 9.78. The quantitative estimate of drug-likeness (QED) is 0.357. The molecule has 2 aliphatic rings. The van der Waals surface area contributed by atoms with Crippen LogP contribution in [0, 0.1) is 5.92 Å². The Balaban J connectivity index is 1.46. The number of esters is 1. The number of piperidine rings is 1. The zero-order chi connectivity index (χ0) is 24.7. The molecule has 3 heterocycles. The van der Waals surface area contributed by atoms with Crippen molar-refractivity contribution in [1.29, 1.82) is 0 Å². The third-order valence-corrected chi connectivity index (χ3v) is 6.56. The number of hydrogen-bond donors (Lipinski definition) is 3. The third kappa shape index (κ3) is 6.64. The molecule has 1 aromatic heterocycles. The van der Waals surface area contributed by atoms with Crippen LogP contribution in [0.3, 0.4) is 0 Å². The zero-order valence-corrected chi connectivity index (χ0v) is 19.9. The first-order valence-electron chi connectivity index (χ1n) is 11.0. The average Bonchev–Trinajstić information content (AvgIpc) is 3.34. The second-order valence-electron chi connectivity index (χ2n) is 8.03. The molecule has 3 N–H and O–H groups in total. The Morgan fingerprint density at radius 3 is 2.41 bits per heavy atom.